The monoisotopic (exact) mass is 205 g/mol. The number of nitrogens with zero attached hydrogens (tertiary/aromatic N) is 3. The van der Waals surface area contributed by atoms with Gasteiger partial charge in [0.05, 0.1) is 15.9 Å². The Kier molecular flexibility index (Phi) is 2.14. The molecule has 0 bridgehead atoms. The van der Waals surface area contributed by atoms with Crippen LogP contribution in [-0.2, 0) is 6.54 Å². The summed E-state index contributed by atoms with van der Waals surface area (Å²) in [6.45, 7) is 2.62. The number of benzene rings is 1. The van der Waals surface area contributed by atoms with E-state index in [1.807, 2.05) is 19.1 Å². The number of fused-ring (bicyclic) bond motifs is 1. The van der Waals surface area contributed by atoms with Gasteiger partial charge in [-0.25, -0.2) is 0 Å². The molecule has 0 amide bonds. The molecular formula is C10H8ClN3. The molecule has 0 N–H and O–H groups in total. The first-order chi connectivity index (χ1) is 6.77. The fourth-order valence-electron chi connectivity index (χ4n) is 1.48. The maximum atomic E-state index is 8.99. The predicted octanol–water partition coefficient (Wildman–Crippen LogP) is 2.58. The van der Waals surface area contributed by atoms with Crippen molar-refractivity contribution in [2.45, 2.75) is 13.5 Å². The number of aromatic nitrogens is 2. The Morgan fingerprint density at radius 2 is 2.36 bits per heavy atom. The molecule has 0 spiro atoms. The third kappa shape index (κ3) is 1.16. The Hall–Kier alpha value is -1.53. The van der Waals surface area contributed by atoms with E-state index in [9.17, 15) is 0 Å². The van der Waals surface area contributed by atoms with Gasteiger partial charge in [-0.05, 0) is 19.1 Å². The van der Waals surface area contributed by atoms with Crippen LogP contribution in [-0.4, -0.2) is 9.78 Å². The fraction of sp³-hybridized carbons (Fsp3) is 0.200. The summed E-state index contributed by atoms with van der Waals surface area (Å²) in [6, 6.07) is 7.58. The molecule has 0 saturated heterocycles. The minimum absolute atomic E-state index is 0.535. The molecular weight excluding hydrogens is 198 g/mol. The highest BCUT2D eigenvalue weighted by Gasteiger charge is 2.11. The number of hydrogen-bond donors (Lipinski definition) is 0. The Balaban J connectivity index is 2.90. The Morgan fingerprint density at radius 1 is 1.57 bits per heavy atom. The van der Waals surface area contributed by atoms with Gasteiger partial charge in [-0.3, -0.25) is 4.68 Å². The standard InChI is InChI=1S/C10H8ClN3/c1-2-14-9(6-12)10-7(11)4-3-5-8(10)13-14/h3-5H,2H2,1H3. The molecule has 14 heavy (non-hydrogen) atoms. The predicted molar refractivity (Wildman–Crippen MR) is 55.1 cm³/mol. The third-order valence-corrected chi connectivity index (χ3v) is 2.44. The van der Waals surface area contributed by atoms with Gasteiger partial charge in [0.15, 0.2) is 0 Å². The zero-order chi connectivity index (χ0) is 10.1. The van der Waals surface area contributed by atoms with Gasteiger partial charge in [-0.2, -0.15) is 10.4 Å². The van der Waals surface area contributed by atoms with E-state index in [1.165, 1.54) is 0 Å². The highest BCUT2D eigenvalue weighted by atomic mass is 35.5. The van der Waals surface area contributed by atoms with Crippen LogP contribution in [0.15, 0.2) is 18.2 Å². The molecule has 1 aromatic carbocycles. The van der Waals surface area contributed by atoms with Gasteiger partial charge in [0.2, 0.25) is 0 Å². The molecule has 4 heteroatoms. The molecule has 1 heterocycles. The molecule has 1 aromatic heterocycles. The van der Waals surface area contributed by atoms with Crippen LogP contribution in [0, 0.1) is 11.3 Å². The van der Waals surface area contributed by atoms with Gasteiger partial charge in [0.1, 0.15) is 11.8 Å². The first-order valence-corrected chi connectivity index (χ1v) is 4.71. The van der Waals surface area contributed by atoms with Crippen molar-refractivity contribution >= 4 is 22.5 Å². The van der Waals surface area contributed by atoms with E-state index < -0.39 is 0 Å². The summed E-state index contributed by atoms with van der Waals surface area (Å²) >= 11 is 6.01. The number of halogens is 1. The van der Waals surface area contributed by atoms with Gasteiger partial charge >= 0.3 is 0 Å². The summed E-state index contributed by atoms with van der Waals surface area (Å²) in [5, 5.41) is 14.6. The van der Waals surface area contributed by atoms with Crippen LogP contribution in [0.1, 0.15) is 12.6 Å². The van der Waals surface area contributed by atoms with Crippen molar-refractivity contribution in [2.24, 2.45) is 0 Å². The lowest BCUT2D eigenvalue weighted by molar-refractivity contribution is 0.659. The first-order valence-electron chi connectivity index (χ1n) is 4.33. The molecule has 0 fully saturated rings. The van der Waals surface area contributed by atoms with Crippen LogP contribution in [0.2, 0.25) is 5.02 Å². The average Bonchev–Trinajstić information content (AvgIpc) is 2.56. The zero-order valence-corrected chi connectivity index (χ0v) is 8.41. The van der Waals surface area contributed by atoms with Gasteiger partial charge in [0.25, 0.3) is 0 Å². The molecule has 0 atom stereocenters. The van der Waals surface area contributed by atoms with E-state index in [1.54, 1.807) is 10.7 Å². The normalized spacial score (nSPS) is 10.4. The smallest absolute Gasteiger partial charge is 0.147 e. The molecule has 0 aliphatic rings. The number of aryl methyl sites for hydroxylation is 1. The molecule has 0 unspecified atom stereocenters. The second kappa shape index (κ2) is 3.32. The lowest BCUT2D eigenvalue weighted by Crippen LogP contribution is -1.98. The van der Waals surface area contributed by atoms with Gasteiger partial charge in [-0.1, -0.05) is 17.7 Å². The van der Waals surface area contributed by atoms with E-state index in [0.717, 1.165) is 10.9 Å². The highest BCUT2D eigenvalue weighted by Crippen LogP contribution is 2.25. The lowest BCUT2D eigenvalue weighted by atomic mass is 10.2. The summed E-state index contributed by atoms with van der Waals surface area (Å²) in [6.07, 6.45) is 0. The van der Waals surface area contributed by atoms with E-state index >= 15 is 0 Å². The minimum atomic E-state index is 0.535. The topological polar surface area (TPSA) is 41.6 Å². The van der Waals surface area contributed by atoms with Crippen LogP contribution in [0.5, 0.6) is 0 Å². The third-order valence-electron chi connectivity index (χ3n) is 2.12. The molecule has 2 aromatic rings. The SMILES string of the molecule is CCn1nc2cccc(Cl)c2c1C#N. The van der Waals surface area contributed by atoms with Gasteiger partial charge in [0, 0.05) is 6.54 Å². The van der Waals surface area contributed by atoms with Crippen molar-refractivity contribution in [1.82, 2.24) is 9.78 Å². The molecule has 0 aliphatic carbocycles. The quantitative estimate of drug-likeness (QED) is 0.718. The van der Waals surface area contributed by atoms with E-state index in [0.29, 0.717) is 17.3 Å². The lowest BCUT2D eigenvalue weighted by Gasteiger charge is -1.95. The second-order valence-electron chi connectivity index (χ2n) is 2.91. The van der Waals surface area contributed by atoms with Crippen LogP contribution >= 0.6 is 11.6 Å². The molecule has 2 rings (SSSR count). The Bertz CT molecular complexity index is 522. The summed E-state index contributed by atoms with van der Waals surface area (Å²) in [7, 11) is 0. The van der Waals surface area contributed by atoms with Crippen molar-refractivity contribution in [1.29, 1.82) is 5.26 Å². The van der Waals surface area contributed by atoms with E-state index in [2.05, 4.69) is 11.2 Å². The molecule has 0 radical (unpaired) electrons. The van der Waals surface area contributed by atoms with Gasteiger partial charge in [-0.15, -0.1) is 0 Å². The van der Waals surface area contributed by atoms with Crippen molar-refractivity contribution < 1.29 is 0 Å². The van der Waals surface area contributed by atoms with Crippen molar-refractivity contribution in [3.63, 3.8) is 0 Å². The van der Waals surface area contributed by atoms with Crippen LogP contribution in [0.25, 0.3) is 10.9 Å². The number of nitriles is 1. The average molecular weight is 206 g/mol. The van der Waals surface area contributed by atoms with Crippen molar-refractivity contribution in [2.75, 3.05) is 0 Å². The zero-order valence-electron chi connectivity index (χ0n) is 7.66. The summed E-state index contributed by atoms with van der Waals surface area (Å²) in [4.78, 5) is 0. The fourth-order valence-corrected chi connectivity index (χ4v) is 1.74. The van der Waals surface area contributed by atoms with Crippen LogP contribution in [0.3, 0.4) is 0 Å². The molecule has 70 valence electrons. The Labute approximate surface area is 86.5 Å². The van der Waals surface area contributed by atoms with Crippen molar-refractivity contribution in [3.8, 4) is 6.07 Å². The number of hydrogen-bond acceptors (Lipinski definition) is 2. The summed E-state index contributed by atoms with van der Waals surface area (Å²) < 4.78 is 1.66. The van der Waals surface area contributed by atoms with Crippen molar-refractivity contribution in [3.05, 3.63) is 28.9 Å². The first kappa shape index (κ1) is 9.04. The highest BCUT2D eigenvalue weighted by molar-refractivity contribution is 6.35. The summed E-state index contributed by atoms with van der Waals surface area (Å²) in [5.41, 5.74) is 1.31. The van der Waals surface area contributed by atoms with E-state index in [4.69, 9.17) is 16.9 Å². The van der Waals surface area contributed by atoms with Gasteiger partial charge < -0.3 is 0 Å². The molecule has 0 saturated carbocycles. The minimum Gasteiger partial charge on any atom is -0.254 e. The maximum Gasteiger partial charge on any atom is 0.147 e. The Morgan fingerprint density at radius 3 is 3.00 bits per heavy atom. The maximum absolute atomic E-state index is 8.99. The largest absolute Gasteiger partial charge is 0.254 e. The van der Waals surface area contributed by atoms with E-state index in [-0.39, 0.29) is 0 Å². The molecule has 3 nitrogen and oxygen atoms in total. The van der Waals surface area contributed by atoms with Crippen LogP contribution < -0.4 is 0 Å². The summed E-state index contributed by atoms with van der Waals surface area (Å²) in [5.74, 6) is 0. The second-order valence-corrected chi connectivity index (χ2v) is 3.32. The van der Waals surface area contributed by atoms with Crippen LogP contribution in [0.4, 0.5) is 0 Å². The molecule has 0 aliphatic heterocycles. The number of rotatable bonds is 1.